The summed E-state index contributed by atoms with van der Waals surface area (Å²) < 4.78 is 37.9. The minimum absolute atomic E-state index is 0.514. The van der Waals surface area contributed by atoms with Crippen molar-refractivity contribution in [2.24, 2.45) is 0 Å². The van der Waals surface area contributed by atoms with Crippen LogP contribution in [-0.2, 0) is 0 Å². The molecule has 0 aliphatic heterocycles. The van der Waals surface area contributed by atoms with Gasteiger partial charge in [-0.05, 0) is 18.4 Å². The smallest absolute Gasteiger partial charge is 0.445 e. The van der Waals surface area contributed by atoms with Crippen LogP contribution >= 0.6 is 11.3 Å². The molecule has 0 bridgehead atoms. The average Bonchev–Trinajstić information content (AvgIpc) is 2.41. The van der Waals surface area contributed by atoms with E-state index in [1.54, 1.807) is 0 Å². The summed E-state index contributed by atoms with van der Waals surface area (Å²) in [6.45, 7) is -2.98. The minimum atomic E-state index is -4.87. The number of rotatable bonds is 1. The molecule has 0 nitrogen and oxygen atoms in total. The molecule has 1 aromatic carbocycles. The number of aryl methyl sites for hydroxylation is 1. The Kier molecular flexibility index (Phi) is 2.07. The van der Waals surface area contributed by atoms with Crippen LogP contribution in [-0.4, -0.2) is 6.98 Å². The van der Waals surface area contributed by atoms with E-state index in [1.807, 2.05) is 13.0 Å². The fourth-order valence-electron chi connectivity index (χ4n) is 1.38. The lowest BCUT2D eigenvalue weighted by Crippen LogP contribution is -2.33. The summed E-state index contributed by atoms with van der Waals surface area (Å²) in [5.41, 5.74) is -0.514. The summed E-state index contributed by atoms with van der Waals surface area (Å²) >= 11 is 1.39. The number of fused-ring (bicyclic) bond motifs is 1. The van der Waals surface area contributed by atoms with Gasteiger partial charge in [0, 0.05) is 9.58 Å². The second-order valence-electron chi connectivity index (χ2n) is 3.23. The average molecular weight is 215 g/mol. The Bertz CT molecular complexity index is 472. The van der Waals surface area contributed by atoms with Crippen LogP contribution in [0.1, 0.15) is 4.88 Å². The van der Waals surface area contributed by atoms with E-state index in [0.717, 1.165) is 16.3 Å². The molecular weight excluding hydrogens is 208 g/mol. The van der Waals surface area contributed by atoms with Crippen molar-refractivity contribution in [2.75, 3.05) is 0 Å². The molecule has 0 fully saturated rings. The molecule has 74 valence electrons. The maximum atomic E-state index is 12.4. The van der Waals surface area contributed by atoms with Crippen LogP contribution in [0.5, 0.6) is 0 Å². The number of halogens is 3. The maximum absolute atomic E-state index is 12.4. The molecule has 2 rings (SSSR count). The Hall–Kier alpha value is -0.965. The predicted octanol–water partition coefficient (Wildman–Crippen LogP) is 3.26. The van der Waals surface area contributed by atoms with Crippen molar-refractivity contribution >= 4 is 33.9 Å². The molecule has 2 aromatic rings. The van der Waals surface area contributed by atoms with Crippen molar-refractivity contribution in [1.82, 2.24) is 0 Å². The van der Waals surface area contributed by atoms with Gasteiger partial charge in [0.2, 0.25) is 0 Å². The minimum Gasteiger partial charge on any atom is -0.445 e. The topological polar surface area (TPSA) is 0 Å². The lowest BCUT2D eigenvalue weighted by molar-refractivity contribution is 0.501. The summed E-state index contributed by atoms with van der Waals surface area (Å²) in [5.74, 6) is 0. The summed E-state index contributed by atoms with van der Waals surface area (Å²) in [7, 11) is 0. The van der Waals surface area contributed by atoms with Crippen molar-refractivity contribution in [2.45, 2.75) is 6.92 Å². The molecule has 0 atom stereocenters. The lowest BCUT2D eigenvalue weighted by atomic mass is 9.80. The Morgan fingerprint density at radius 1 is 1.14 bits per heavy atom. The summed E-state index contributed by atoms with van der Waals surface area (Å²) in [6, 6.07) is 5.80. The largest absolute Gasteiger partial charge is 0.509 e. The van der Waals surface area contributed by atoms with E-state index in [2.05, 4.69) is 0 Å². The Morgan fingerprint density at radius 3 is 2.50 bits per heavy atom. The Morgan fingerprint density at radius 2 is 1.86 bits per heavy atom. The third-order valence-corrected chi connectivity index (χ3v) is 3.06. The summed E-state index contributed by atoms with van der Waals surface area (Å²) in [4.78, 5) is 1.03. The molecule has 0 saturated heterocycles. The molecular formula is C9H7BF3S-. The van der Waals surface area contributed by atoms with E-state index in [9.17, 15) is 12.9 Å². The van der Waals surface area contributed by atoms with Gasteiger partial charge in [-0.2, -0.15) is 0 Å². The predicted molar refractivity (Wildman–Crippen MR) is 55.3 cm³/mol. The van der Waals surface area contributed by atoms with Crippen molar-refractivity contribution in [3.8, 4) is 0 Å². The van der Waals surface area contributed by atoms with Gasteiger partial charge in [0.1, 0.15) is 0 Å². The van der Waals surface area contributed by atoms with E-state index in [4.69, 9.17) is 0 Å². The summed E-state index contributed by atoms with van der Waals surface area (Å²) in [5, 5.41) is 0.885. The number of benzene rings is 1. The highest BCUT2D eigenvalue weighted by molar-refractivity contribution is 7.19. The molecule has 0 unspecified atom stereocenters. The zero-order chi connectivity index (χ0) is 10.3. The van der Waals surface area contributed by atoms with Gasteiger partial charge in [-0.25, -0.2) is 0 Å². The van der Waals surface area contributed by atoms with Crippen molar-refractivity contribution < 1.29 is 12.9 Å². The normalized spacial score (nSPS) is 12.3. The van der Waals surface area contributed by atoms with Gasteiger partial charge >= 0.3 is 6.98 Å². The maximum Gasteiger partial charge on any atom is 0.509 e. The molecule has 0 spiro atoms. The summed E-state index contributed by atoms with van der Waals surface area (Å²) in [6.07, 6.45) is 0. The zero-order valence-electron chi connectivity index (χ0n) is 7.43. The van der Waals surface area contributed by atoms with Gasteiger partial charge in [0.15, 0.2) is 0 Å². The number of hydrogen-bond donors (Lipinski definition) is 0. The van der Waals surface area contributed by atoms with Crippen LogP contribution < -0.4 is 5.46 Å². The van der Waals surface area contributed by atoms with Gasteiger partial charge in [-0.15, -0.1) is 16.8 Å². The quantitative estimate of drug-likeness (QED) is 0.640. The van der Waals surface area contributed by atoms with Gasteiger partial charge in [-0.3, -0.25) is 0 Å². The first-order valence-electron chi connectivity index (χ1n) is 4.17. The second-order valence-corrected chi connectivity index (χ2v) is 4.52. The molecule has 14 heavy (non-hydrogen) atoms. The van der Waals surface area contributed by atoms with Crippen LogP contribution in [0.3, 0.4) is 0 Å². The van der Waals surface area contributed by atoms with Gasteiger partial charge < -0.3 is 12.9 Å². The highest BCUT2D eigenvalue weighted by Gasteiger charge is 2.25. The van der Waals surface area contributed by atoms with Crippen LogP contribution in [0, 0.1) is 6.92 Å². The zero-order valence-corrected chi connectivity index (χ0v) is 8.25. The van der Waals surface area contributed by atoms with Gasteiger partial charge in [0.25, 0.3) is 0 Å². The Labute approximate surface area is 83.4 Å². The van der Waals surface area contributed by atoms with E-state index in [1.165, 1.54) is 23.5 Å². The molecule has 5 heteroatoms. The van der Waals surface area contributed by atoms with Crippen LogP contribution in [0.4, 0.5) is 12.9 Å². The van der Waals surface area contributed by atoms with E-state index in [-0.39, 0.29) is 0 Å². The third kappa shape index (κ3) is 1.64. The first-order valence-corrected chi connectivity index (χ1v) is 4.98. The first kappa shape index (κ1) is 9.58. The van der Waals surface area contributed by atoms with Crippen LogP contribution in [0.2, 0.25) is 0 Å². The molecule has 0 amide bonds. The van der Waals surface area contributed by atoms with Crippen molar-refractivity contribution in [3.63, 3.8) is 0 Å². The van der Waals surface area contributed by atoms with Crippen molar-refractivity contribution in [3.05, 3.63) is 29.1 Å². The monoisotopic (exact) mass is 215 g/mol. The Balaban J connectivity index is 2.62. The molecule has 0 aliphatic rings. The molecule has 0 N–H and O–H groups in total. The van der Waals surface area contributed by atoms with Crippen LogP contribution in [0.25, 0.3) is 10.1 Å². The molecule has 0 radical (unpaired) electrons. The fourth-order valence-corrected chi connectivity index (χ4v) is 2.36. The molecule has 0 aliphatic carbocycles. The second kappa shape index (κ2) is 3.02. The molecule has 1 heterocycles. The third-order valence-electron chi connectivity index (χ3n) is 2.05. The van der Waals surface area contributed by atoms with E-state index < -0.39 is 12.4 Å². The van der Waals surface area contributed by atoms with Gasteiger partial charge in [-0.1, -0.05) is 18.2 Å². The first-order chi connectivity index (χ1) is 6.47. The van der Waals surface area contributed by atoms with E-state index in [0.29, 0.717) is 4.70 Å². The number of hydrogen-bond acceptors (Lipinski definition) is 1. The molecule has 0 saturated carbocycles. The molecule has 1 aromatic heterocycles. The van der Waals surface area contributed by atoms with Crippen molar-refractivity contribution in [1.29, 1.82) is 0 Å². The van der Waals surface area contributed by atoms with Crippen LogP contribution in [0.15, 0.2) is 24.3 Å². The lowest BCUT2D eigenvalue weighted by Gasteiger charge is -2.14. The number of thiophene rings is 1. The highest BCUT2D eigenvalue weighted by atomic mass is 32.1. The SMILES string of the molecule is Cc1cc2ccc([B-](F)(F)F)cc2s1. The van der Waals surface area contributed by atoms with Gasteiger partial charge in [0.05, 0.1) is 0 Å². The fraction of sp³-hybridized carbons (Fsp3) is 0.111. The highest BCUT2D eigenvalue weighted by Crippen LogP contribution is 2.25. The standard InChI is InChI=1S/C9H7BF3S/c1-6-4-7-2-3-8(10(11,12)13)5-9(7)14-6/h2-5H,1H3/q-1. The van der Waals surface area contributed by atoms with E-state index >= 15 is 0 Å².